The third-order valence-electron chi connectivity index (χ3n) is 4.97. The van der Waals surface area contributed by atoms with Gasteiger partial charge < -0.3 is 9.47 Å². The summed E-state index contributed by atoms with van der Waals surface area (Å²) in [7, 11) is -2.02. The number of sulfonamides is 1. The SMILES string of the molecule is CCN(CC)S(=O)(=O)c1cc(C(=O)N(Cc2ccccn2)c2ccc(Cl)cc2)n(C)c1. The smallest absolute Gasteiger partial charge is 0.275 e. The first kappa shape index (κ1) is 23.0. The molecule has 31 heavy (non-hydrogen) atoms. The average Bonchev–Trinajstić information content (AvgIpc) is 3.16. The minimum atomic E-state index is -3.68. The molecule has 0 unspecified atom stereocenters. The summed E-state index contributed by atoms with van der Waals surface area (Å²) in [5.74, 6) is -0.337. The van der Waals surface area contributed by atoms with Crippen LogP contribution in [-0.4, -0.2) is 41.3 Å². The maximum atomic E-state index is 13.5. The number of hydrogen-bond donors (Lipinski definition) is 0. The Balaban J connectivity index is 2.02. The molecule has 0 atom stereocenters. The Morgan fingerprint density at radius 3 is 2.35 bits per heavy atom. The largest absolute Gasteiger partial charge is 0.345 e. The van der Waals surface area contributed by atoms with E-state index >= 15 is 0 Å². The lowest BCUT2D eigenvalue weighted by Gasteiger charge is -2.23. The van der Waals surface area contributed by atoms with E-state index in [2.05, 4.69) is 4.98 Å². The van der Waals surface area contributed by atoms with E-state index in [-0.39, 0.29) is 23.0 Å². The lowest BCUT2D eigenvalue weighted by molar-refractivity contribution is 0.0977. The molecule has 1 aromatic carbocycles. The highest BCUT2D eigenvalue weighted by Gasteiger charge is 2.28. The van der Waals surface area contributed by atoms with Crippen LogP contribution in [0.15, 0.2) is 65.8 Å². The van der Waals surface area contributed by atoms with Gasteiger partial charge in [0, 0.05) is 43.2 Å². The maximum Gasteiger partial charge on any atom is 0.275 e. The molecule has 0 fully saturated rings. The Morgan fingerprint density at radius 1 is 1.10 bits per heavy atom. The van der Waals surface area contributed by atoms with Crippen LogP contribution >= 0.6 is 11.6 Å². The molecule has 0 aliphatic carbocycles. The molecule has 2 heterocycles. The van der Waals surface area contributed by atoms with Gasteiger partial charge in [0.1, 0.15) is 10.6 Å². The van der Waals surface area contributed by atoms with Crippen molar-refractivity contribution in [3.05, 3.63) is 77.3 Å². The Bertz CT molecular complexity index is 1140. The lowest BCUT2D eigenvalue weighted by Crippen LogP contribution is -2.32. The molecule has 1 amide bonds. The number of aromatic nitrogens is 2. The second-order valence-electron chi connectivity index (χ2n) is 6.95. The number of pyridine rings is 1. The molecule has 0 spiro atoms. The van der Waals surface area contributed by atoms with Crippen molar-refractivity contribution in [2.75, 3.05) is 18.0 Å². The van der Waals surface area contributed by atoms with Crippen LogP contribution in [0.25, 0.3) is 0 Å². The van der Waals surface area contributed by atoms with Crippen molar-refractivity contribution in [2.45, 2.75) is 25.3 Å². The molecule has 2 aromatic heterocycles. The minimum Gasteiger partial charge on any atom is -0.345 e. The second kappa shape index (κ2) is 9.64. The first-order valence-corrected chi connectivity index (χ1v) is 11.7. The molecule has 0 N–H and O–H groups in total. The zero-order valence-corrected chi connectivity index (χ0v) is 19.3. The van der Waals surface area contributed by atoms with Crippen molar-refractivity contribution in [1.29, 1.82) is 0 Å². The van der Waals surface area contributed by atoms with Gasteiger partial charge in [-0.2, -0.15) is 4.31 Å². The van der Waals surface area contributed by atoms with Gasteiger partial charge >= 0.3 is 0 Å². The van der Waals surface area contributed by atoms with Crippen LogP contribution in [0.2, 0.25) is 5.02 Å². The summed E-state index contributed by atoms with van der Waals surface area (Å²) in [6.45, 7) is 4.50. The van der Waals surface area contributed by atoms with E-state index in [4.69, 9.17) is 11.6 Å². The van der Waals surface area contributed by atoms with Gasteiger partial charge in [-0.05, 0) is 42.5 Å². The van der Waals surface area contributed by atoms with Crippen LogP contribution in [0, 0.1) is 0 Å². The van der Waals surface area contributed by atoms with E-state index in [0.29, 0.717) is 29.5 Å². The number of rotatable bonds is 8. The molecule has 0 saturated heterocycles. The molecule has 164 valence electrons. The fourth-order valence-corrected chi connectivity index (χ4v) is 4.95. The Kier molecular flexibility index (Phi) is 7.15. The van der Waals surface area contributed by atoms with Crippen LogP contribution in [0.5, 0.6) is 0 Å². The van der Waals surface area contributed by atoms with Gasteiger partial charge in [-0.1, -0.05) is 31.5 Å². The lowest BCUT2D eigenvalue weighted by atomic mass is 10.2. The topological polar surface area (TPSA) is 75.5 Å². The zero-order valence-electron chi connectivity index (χ0n) is 17.7. The molecule has 0 aliphatic heterocycles. The van der Waals surface area contributed by atoms with Crippen molar-refractivity contribution in [1.82, 2.24) is 13.9 Å². The molecule has 0 aliphatic rings. The number of amides is 1. The molecular formula is C22H25ClN4O3S. The molecule has 3 aromatic rings. The van der Waals surface area contributed by atoms with Crippen molar-refractivity contribution >= 4 is 33.2 Å². The number of carbonyl (C=O) groups is 1. The predicted octanol–water partition coefficient (Wildman–Crippen LogP) is 3.95. The third-order valence-corrected chi connectivity index (χ3v) is 7.24. The fraction of sp³-hybridized carbons (Fsp3) is 0.273. The van der Waals surface area contributed by atoms with E-state index in [1.54, 1.807) is 66.9 Å². The molecule has 0 radical (unpaired) electrons. The summed E-state index contributed by atoms with van der Waals surface area (Å²) in [6.07, 6.45) is 3.14. The Morgan fingerprint density at radius 2 is 1.77 bits per heavy atom. The molecule has 9 heteroatoms. The van der Waals surface area contributed by atoms with Gasteiger partial charge in [-0.25, -0.2) is 8.42 Å². The van der Waals surface area contributed by atoms with Crippen LogP contribution in [-0.2, 0) is 23.6 Å². The monoisotopic (exact) mass is 460 g/mol. The van der Waals surface area contributed by atoms with Crippen LogP contribution in [0.1, 0.15) is 30.0 Å². The summed E-state index contributed by atoms with van der Waals surface area (Å²) in [4.78, 5) is 19.5. The molecular weight excluding hydrogens is 436 g/mol. The summed E-state index contributed by atoms with van der Waals surface area (Å²) in [5.41, 5.74) is 1.60. The van der Waals surface area contributed by atoms with Crippen molar-refractivity contribution in [3.63, 3.8) is 0 Å². The first-order valence-electron chi connectivity index (χ1n) is 9.91. The van der Waals surface area contributed by atoms with Gasteiger partial charge in [0.25, 0.3) is 5.91 Å². The van der Waals surface area contributed by atoms with Crippen molar-refractivity contribution in [2.24, 2.45) is 7.05 Å². The highest BCUT2D eigenvalue weighted by atomic mass is 35.5. The summed E-state index contributed by atoms with van der Waals surface area (Å²) >= 11 is 6.02. The van der Waals surface area contributed by atoms with Gasteiger partial charge in [0.05, 0.1) is 12.2 Å². The number of aryl methyl sites for hydroxylation is 1. The molecule has 0 saturated carbocycles. The Labute approximate surface area is 187 Å². The third kappa shape index (κ3) is 4.98. The fourth-order valence-electron chi connectivity index (χ4n) is 3.29. The van der Waals surface area contributed by atoms with E-state index in [9.17, 15) is 13.2 Å². The quantitative estimate of drug-likeness (QED) is 0.510. The Hall–Kier alpha value is -2.68. The van der Waals surface area contributed by atoms with E-state index < -0.39 is 10.0 Å². The number of halogens is 1. The van der Waals surface area contributed by atoms with Gasteiger partial charge in [-0.3, -0.25) is 9.78 Å². The van der Waals surface area contributed by atoms with Gasteiger partial charge in [0.2, 0.25) is 10.0 Å². The number of carbonyl (C=O) groups excluding carboxylic acids is 1. The molecule has 3 rings (SSSR count). The van der Waals surface area contributed by atoms with Crippen molar-refractivity contribution in [3.8, 4) is 0 Å². The van der Waals surface area contributed by atoms with E-state index in [1.165, 1.54) is 16.6 Å². The minimum absolute atomic E-state index is 0.0935. The van der Waals surface area contributed by atoms with E-state index in [0.717, 1.165) is 0 Å². The number of anilines is 1. The normalized spacial score (nSPS) is 11.6. The predicted molar refractivity (Wildman–Crippen MR) is 122 cm³/mol. The highest BCUT2D eigenvalue weighted by molar-refractivity contribution is 7.89. The van der Waals surface area contributed by atoms with Crippen LogP contribution < -0.4 is 4.90 Å². The summed E-state index contributed by atoms with van der Waals surface area (Å²) in [5, 5.41) is 0.556. The maximum absolute atomic E-state index is 13.5. The summed E-state index contributed by atoms with van der Waals surface area (Å²) in [6, 6.07) is 13.8. The van der Waals surface area contributed by atoms with Crippen molar-refractivity contribution < 1.29 is 13.2 Å². The molecule has 0 bridgehead atoms. The standard InChI is InChI=1S/C22H25ClN4O3S/c1-4-26(5-2)31(29,30)20-14-21(25(3)16-20)22(28)27(15-18-8-6-7-13-24-18)19-11-9-17(23)10-12-19/h6-14,16H,4-5,15H2,1-3H3. The molecule has 7 nitrogen and oxygen atoms in total. The summed E-state index contributed by atoms with van der Waals surface area (Å²) < 4.78 is 28.7. The van der Waals surface area contributed by atoms with E-state index in [1.807, 2.05) is 12.1 Å². The number of benzene rings is 1. The van der Waals surface area contributed by atoms with Gasteiger partial charge in [0.15, 0.2) is 0 Å². The zero-order chi connectivity index (χ0) is 22.6. The number of nitrogens with zero attached hydrogens (tertiary/aromatic N) is 4. The number of hydrogen-bond acceptors (Lipinski definition) is 4. The van der Waals surface area contributed by atoms with Gasteiger partial charge in [-0.15, -0.1) is 0 Å². The van der Waals surface area contributed by atoms with Crippen LogP contribution in [0.3, 0.4) is 0 Å². The first-order chi connectivity index (χ1) is 14.8. The van der Waals surface area contributed by atoms with Crippen LogP contribution in [0.4, 0.5) is 5.69 Å². The highest BCUT2D eigenvalue weighted by Crippen LogP contribution is 2.24. The average molecular weight is 461 g/mol. The second-order valence-corrected chi connectivity index (χ2v) is 9.32.